The van der Waals surface area contributed by atoms with Gasteiger partial charge >= 0.3 is 0 Å². The maximum Gasteiger partial charge on any atom is 0.0371 e. The van der Waals surface area contributed by atoms with E-state index in [1.54, 1.807) is 6.21 Å². The first-order chi connectivity index (χ1) is 2.77. The average Bonchev–Trinajstić information content (AvgIpc) is 1.35. The predicted octanol–water partition coefficient (Wildman–Crippen LogP) is 1.48. The second-order valence-electron chi connectivity index (χ2n) is 1.09. The largest absolute Gasteiger partial charge is 0.228 e. The lowest BCUT2D eigenvalue weighted by molar-refractivity contribution is 1.66. The molecule has 0 amide bonds. The van der Waals surface area contributed by atoms with Gasteiger partial charge < -0.3 is 0 Å². The van der Waals surface area contributed by atoms with Crippen LogP contribution in [0, 0.1) is 0 Å². The predicted molar refractivity (Wildman–Crippen MR) is 32.3 cm³/mol. The Balaban J connectivity index is 3.30. The fourth-order valence-electron chi connectivity index (χ4n) is 0.0986. The van der Waals surface area contributed by atoms with Crippen LogP contribution >= 0.6 is 12.8 Å². The Kier molecular flexibility index (Phi) is 2.85. The SMILES string of the molecule is C=C(C)C=NS. The molecule has 1 nitrogen and oxygen atoms in total. The fourth-order valence-corrected chi connectivity index (χ4v) is 0.296. The van der Waals surface area contributed by atoms with Crippen LogP contribution in [0.3, 0.4) is 0 Å². The highest BCUT2D eigenvalue weighted by atomic mass is 32.1. The molecule has 0 atom stereocenters. The molecule has 0 radical (unpaired) electrons. The molecule has 0 fully saturated rings. The van der Waals surface area contributed by atoms with Gasteiger partial charge in [-0.2, -0.15) is 0 Å². The van der Waals surface area contributed by atoms with Crippen molar-refractivity contribution in [3.8, 4) is 0 Å². The normalized spacial score (nSPS) is 9.67. The third-order valence-corrected chi connectivity index (χ3v) is 0.394. The molecule has 0 saturated heterocycles. The molecule has 0 N–H and O–H groups in total. The van der Waals surface area contributed by atoms with Crippen molar-refractivity contribution in [1.82, 2.24) is 0 Å². The van der Waals surface area contributed by atoms with E-state index in [4.69, 9.17) is 0 Å². The first-order valence-electron chi connectivity index (χ1n) is 1.60. The molecular formula is C4H7NS. The van der Waals surface area contributed by atoms with E-state index in [1.807, 2.05) is 6.92 Å². The highest BCUT2D eigenvalue weighted by Gasteiger charge is 1.65. The molecule has 0 bridgehead atoms. The molecule has 0 aromatic carbocycles. The molecule has 34 valence electrons. The second kappa shape index (κ2) is 2.97. The van der Waals surface area contributed by atoms with Crippen LogP contribution in [0.4, 0.5) is 0 Å². The maximum absolute atomic E-state index is 3.57. The van der Waals surface area contributed by atoms with Crippen molar-refractivity contribution >= 4 is 19.0 Å². The van der Waals surface area contributed by atoms with Crippen molar-refractivity contribution in [2.75, 3.05) is 0 Å². The van der Waals surface area contributed by atoms with Gasteiger partial charge in [0.05, 0.1) is 0 Å². The maximum atomic E-state index is 3.57. The Morgan fingerprint density at radius 1 is 2.00 bits per heavy atom. The van der Waals surface area contributed by atoms with E-state index in [-0.39, 0.29) is 0 Å². The lowest BCUT2D eigenvalue weighted by Gasteiger charge is -1.74. The first-order valence-corrected chi connectivity index (χ1v) is 2.00. The highest BCUT2D eigenvalue weighted by Crippen LogP contribution is 1.79. The molecule has 0 aromatic rings. The molecule has 2 heteroatoms. The summed E-state index contributed by atoms with van der Waals surface area (Å²) in [5.74, 6) is 0. The van der Waals surface area contributed by atoms with E-state index in [0.29, 0.717) is 0 Å². The average molecular weight is 101 g/mol. The molecule has 6 heavy (non-hydrogen) atoms. The minimum atomic E-state index is 0.921. The van der Waals surface area contributed by atoms with Crippen LogP contribution in [0.5, 0.6) is 0 Å². The molecule has 0 aliphatic carbocycles. The van der Waals surface area contributed by atoms with Crippen molar-refractivity contribution in [2.24, 2.45) is 4.40 Å². The zero-order valence-corrected chi connectivity index (χ0v) is 4.57. The Bertz CT molecular complexity index is 75.6. The third kappa shape index (κ3) is 3.76. The van der Waals surface area contributed by atoms with Crippen LogP contribution < -0.4 is 0 Å². The zero-order valence-electron chi connectivity index (χ0n) is 3.68. The smallest absolute Gasteiger partial charge is 0.0371 e. The van der Waals surface area contributed by atoms with E-state index >= 15 is 0 Å². The first kappa shape index (κ1) is 5.76. The number of hydrogen-bond acceptors (Lipinski definition) is 2. The summed E-state index contributed by atoms with van der Waals surface area (Å²) in [6.45, 7) is 5.41. The summed E-state index contributed by atoms with van der Waals surface area (Å²) in [4.78, 5) is 0. The van der Waals surface area contributed by atoms with Crippen molar-refractivity contribution in [2.45, 2.75) is 6.92 Å². The van der Waals surface area contributed by atoms with E-state index in [9.17, 15) is 0 Å². The topological polar surface area (TPSA) is 12.4 Å². The van der Waals surface area contributed by atoms with Crippen molar-refractivity contribution in [3.05, 3.63) is 12.2 Å². The molecule has 0 rings (SSSR count). The summed E-state index contributed by atoms with van der Waals surface area (Å²) in [5.41, 5.74) is 0.921. The summed E-state index contributed by atoms with van der Waals surface area (Å²) in [7, 11) is 0. The molecule has 0 aromatic heterocycles. The van der Waals surface area contributed by atoms with E-state index in [0.717, 1.165) is 5.57 Å². The third-order valence-electron chi connectivity index (χ3n) is 0.278. The molecule has 0 aliphatic rings. The van der Waals surface area contributed by atoms with Gasteiger partial charge in [0, 0.05) is 6.21 Å². The molecule has 0 spiro atoms. The molecule has 0 unspecified atom stereocenters. The number of rotatable bonds is 1. The number of hydrogen-bond donors (Lipinski definition) is 1. The Hall–Kier alpha value is -0.240. The molecule has 0 heterocycles. The summed E-state index contributed by atoms with van der Waals surface area (Å²) in [5, 5.41) is 0. The minimum absolute atomic E-state index is 0.921. The second-order valence-corrected chi connectivity index (χ2v) is 1.32. The van der Waals surface area contributed by atoms with Crippen LogP contribution in [-0.4, -0.2) is 6.21 Å². The Morgan fingerprint density at radius 2 is 2.50 bits per heavy atom. The van der Waals surface area contributed by atoms with Gasteiger partial charge in [0.1, 0.15) is 0 Å². The van der Waals surface area contributed by atoms with Crippen LogP contribution in [0.15, 0.2) is 16.5 Å². The minimum Gasteiger partial charge on any atom is -0.228 e. The Labute approximate surface area is 43.3 Å². The highest BCUT2D eigenvalue weighted by molar-refractivity contribution is 7.78. The van der Waals surface area contributed by atoms with Gasteiger partial charge in [-0.05, 0) is 25.3 Å². The van der Waals surface area contributed by atoms with Crippen LogP contribution in [0.25, 0.3) is 0 Å². The lowest BCUT2D eigenvalue weighted by atomic mass is 10.4. The molecular weight excluding hydrogens is 94.1 g/mol. The van der Waals surface area contributed by atoms with Gasteiger partial charge in [-0.15, -0.1) is 0 Å². The van der Waals surface area contributed by atoms with Gasteiger partial charge in [0.25, 0.3) is 0 Å². The Morgan fingerprint density at radius 3 is 2.50 bits per heavy atom. The van der Waals surface area contributed by atoms with Crippen LogP contribution in [-0.2, 0) is 0 Å². The molecule has 0 aliphatic heterocycles. The van der Waals surface area contributed by atoms with E-state index < -0.39 is 0 Å². The van der Waals surface area contributed by atoms with E-state index in [1.165, 1.54) is 0 Å². The number of allylic oxidation sites excluding steroid dienone is 1. The van der Waals surface area contributed by atoms with Gasteiger partial charge in [-0.25, -0.2) is 4.40 Å². The van der Waals surface area contributed by atoms with Crippen molar-refractivity contribution in [3.63, 3.8) is 0 Å². The lowest BCUT2D eigenvalue weighted by Crippen LogP contribution is -1.65. The fraction of sp³-hybridized carbons (Fsp3) is 0.250. The van der Waals surface area contributed by atoms with Gasteiger partial charge in [-0.1, -0.05) is 6.58 Å². The summed E-state index contributed by atoms with van der Waals surface area (Å²) < 4.78 is 3.41. The summed E-state index contributed by atoms with van der Waals surface area (Å²) in [6.07, 6.45) is 1.59. The number of thiol groups is 1. The van der Waals surface area contributed by atoms with Crippen LogP contribution in [0.1, 0.15) is 6.92 Å². The zero-order chi connectivity index (χ0) is 4.99. The monoisotopic (exact) mass is 101 g/mol. The number of nitrogens with zero attached hydrogens (tertiary/aromatic N) is 1. The summed E-state index contributed by atoms with van der Waals surface area (Å²) >= 11 is 3.57. The van der Waals surface area contributed by atoms with Gasteiger partial charge in [0.15, 0.2) is 0 Å². The standard InChI is InChI=1S/C4H7NS/c1-4(2)3-5-6/h3,6H,1H2,2H3. The van der Waals surface area contributed by atoms with E-state index in [2.05, 4.69) is 23.8 Å². The quantitative estimate of drug-likeness (QED) is 0.379. The van der Waals surface area contributed by atoms with Gasteiger partial charge in [-0.3, -0.25) is 0 Å². The van der Waals surface area contributed by atoms with Crippen molar-refractivity contribution in [1.29, 1.82) is 0 Å². The molecule has 0 saturated carbocycles. The van der Waals surface area contributed by atoms with Crippen LogP contribution in [0.2, 0.25) is 0 Å². The van der Waals surface area contributed by atoms with Gasteiger partial charge in [0.2, 0.25) is 0 Å². The van der Waals surface area contributed by atoms with Crippen molar-refractivity contribution < 1.29 is 0 Å². The summed E-state index contributed by atoms with van der Waals surface area (Å²) in [6, 6.07) is 0.